The van der Waals surface area contributed by atoms with E-state index in [-0.39, 0.29) is 12.1 Å². The lowest BCUT2D eigenvalue weighted by Crippen LogP contribution is -2.32. The van der Waals surface area contributed by atoms with Gasteiger partial charge < -0.3 is 15.2 Å². The fourth-order valence-electron chi connectivity index (χ4n) is 2.60. The van der Waals surface area contributed by atoms with Gasteiger partial charge in [-0.1, -0.05) is 0 Å². The zero-order valence-corrected chi connectivity index (χ0v) is 11.5. The van der Waals surface area contributed by atoms with E-state index in [1.165, 1.54) is 0 Å². The topological polar surface area (TPSA) is 71.8 Å². The molecule has 2 aromatic heterocycles. The summed E-state index contributed by atoms with van der Waals surface area (Å²) in [4.78, 5) is 20.4. The van der Waals surface area contributed by atoms with Crippen LogP contribution < -0.4 is 10.6 Å². The standard InChI is InChI=1S/C14H17N5O/c1-9-7-11(3-4-15-9)17-14(20)18-12-8-10(2)19-6-5-16-13(12)19/h3-7,10,12H,8H2,1-2H3,(H2,15,17,18,20). The van der Waals surface area contributed by atoms with Crippen molar-refractivity contribution < 1.29 is 4.79 Å². The van der Waals surface area contributed by atoms with E-state index in [1.807, 2.05) is 19.2 Å². The van der Waals surface area contributed by atoms with Crippen molar-refractivity contribution in [1.29, 1.82) is 0 Å². The number of urea groups is 1. The minimum atomic E-state index is -0.218. The van der Waals surface area contributed by atoms with Crippen molar-refractivity contribution in [3.05, 3.63) is 42.2 Å². The van der Waals surface area contributed by atoms with Gasteiger partial charge in [0.2, 0.25) is 0 Å². The van der Waals surface area contributed by atoms with Gasteiger partial charge in [0.1, 0.15) is 5.82 Å². The van der Waals surface area contributed by atoms with Gasteiger partial charge in [-0.3, -0.25) is 4.98 Å². The van der Waals surface area contributed by atoms with Gasteiger partial charge in [0.05, 0.1) is 6.04 Å². The number of hydrogen-bond acceptors (Lipinski definition) is 3. The average molecular weight is 271 g/mol. The second kappa shape index (κ2) is 4.96. The highest BCUT2D eigenvalue weighted by Crippen LogP contribution is 2.32. The molecule has 0 radical (unpaired) electrons. The Labute approximate surface area is 117 Å². The number of imidazole rings is 1. The molecule has 6 heteroatoms. The molecule has 2 N–H and O–H groups in total. The molecule has 0 fully saturated rings. The van der Waals surface area contributed by atoms with E-state index in [9.17, 15) is 4.79 Å². The lowest BCUT2D eigenvalue weighted by atomic mass is 10.2. The summed E-state index contributed by atoms with van der Waals surface area (Å²) in [6.07, 6.45) is 6.26. The molecule has 1 aliphatic heterocycles. The number of fused-ring (bicyclic) bond motifs is 1. The first-order valence-electron chi connectivity index (χ1n) is 6.66. The van der Waals surface area contributed by atoms with Crippen LogP contribution in [0.4, 0.5) is 10.5 Å². The minimum absolute atomic E-state index is 0.0389. The van der Waals surface area contributed by atoms with Crippen molar-refractivity contribution >= 4 is 11.7 Å². The minimum Gasteiger partial charge on any atom is -0.330 e. The highest BCUT2D eigenvalue weighted by atomic mass is 16.2. The van der Waals surface area contributed by atoms with E-state index in [0.29, 0.717) is 6.04 Å². The zero-order chi connectivity index (χ0) is 14.1. The smallest absolute Gasteiger partial charge is 0.319 e. The summed E-state index contributed by atoms with van der Waals surface area (Å²) >= 11 is 0. The van der Waals surface area contributed by atoms with Gasteiger partial charge in [0.25, 0.3) is 0 Å². The molecule has 20 heavy (non-hydrogen) atoms. The quantitative estimate of drug-likeness (QED) is 0.881. The van der Waals surface area contributed by atoms with Gasteiger partial charge in [0.15, 0.2) is 0 Å². The summed E-state index contributed by atoms with van der Waals surface area (Å²) in [7, 11) is 0. The van der Waals surface area contributed by atoms with Crippen molar-refractivity contribution in [2.24, 2.45) is 0 Å². The number of amides is 2. The van der Waals surface area contributed by atoms with E-state index >= 15 is 0 Å². The number of nitrogens with one attached hydrogen (secondary N) is 2. The van der Waals surface area contributed by atoms with Crippen molar-refractivity contribution in [1.82, 2.24) is 19.9 Å². The van der Waals surface area contributed by atoms with Crippen LogP contribution in [-0.2, 0) is 0 Å². The maximum Gasteiger partial charge on any atom is 0.319 e. The third kappa shape index (κ3) is 2.36. The first-order chi connectivity index (χ1) is 9.63. The maximum absolute atomic E-state index is 12.0. The van der Waals surface area contributed by atoms with Crippen LogP contribution in [0.3, 0.4) is 0 Å². The molecule has 0 aliphatic carbocycles. The lowest BCUT2D eigenvalue weighted by molar-refractivity contribution is 0.248. The number of aromatic nitrogens is 3. The molecule has 0 bridgehead atoms. The summed E-state index contributed by atoms with van der Waals surface area (Å²) in [5.74, 6) is 0.915. The summed E-state index contributed by atoms with van der Waals surface area (Å²) in [6, 6.07) is 3.70. The van der Waals surface area contributed by atoms with Crippen LogP contribution in [0.5, 0.6) is 0 Å². The molecule has 3 heterocycles. The van der Waals surface area contributed by atoms with Gasteiger partial charge in [-0.25, -0.2) is 9.78 Å². The van der Waals surface area contributed by atoms with E-state index in [0.717, 1.165) is 23.6 Å². The van der Waals surface area contributed by atoms with Crippen LogP contribution in [0.15, 0.2) is 30.7 Å². The Kier molecular flexibility index (Phi) is 3.14. The predicted octanol–water partition coefficient (Wildman–Crippen LogP) is 2.41. The van der Waals surface area contributed by atoms with Gasteiger partial charge in [-0.15, -0.1) is 0 Å². The molecule has 2 aromatic rings. The molecule has 2 atom stereocenters. The Hall–Kier alpha value is -2.37. The molecule has 0 saturated carbocycles. The monoisotopic (exact) mass is 271 g/mol. The molecule has 2 amide bonds. The molecule has 2 unspecified atom stereocenters. The molecule has 0 saturated heterocycles. The van der Waals surface area contributed by atoms with Crippen LogP contribution >= 0.6 is 0 Å². The number of carbonyl (C=O) groups excluding carboxylic acids is 1. The lowest BCUT2D eigenvalue weighted by Gasteiger charge is -2.13. The van der Waals surface area contributed by atoms with Crippen LogP contribution in [0, 0.1) is 6.92 Å². The maximum atomic E-state index is 12.0. The Morgan fingerprint density at radius 3 is 3.05 bits per heavy atom. The van der Waals surface area contributed by atoms with Gasteiger partial charge in [-0.05, 0) is 32.4 Å². The second-order valence-electron chi connectivity index (χ2n) is 5.11. The van der Waals surface area contributed by atoms with Crippen LogP contribution in [0.2, 0.25) is 0 Å². The van der Waals surface area contributed by atoms with Gasteiger partial charge in [-0.2, -0.15) is 0 Å². The van der Waals surface area contributed by atoms with Crippen molar-refractivity contribution in [2.45, 2.75) is 32.4 Å². The van der Waals surface area contributed by atoms with Gasteiger partial charge >= 0.3 is 6.03 Å². The number of nitrogens with zero attached hydrogens (tertiary/aromatic N) is 3. The summed E-state index contributed by atoms with van der Waals surface area (Å²) in [5.41, 5.74) is 1.61. The van der Waals surface area contributed by atoms with Crippen LogP contribution in [0.1, 0.15) is 36.9 Å². The van der Waals surface area contributed by atoms with E-state index in [1.54, 1.807) is 18.5 Å². The van der Waals surface area contributed by atoms with E-state index in [4.69, 9.17) is 0 Å². The summed E-state index contributed by atoms with van der Waals surface area (Å²) in [5, 5.41) is 5.79. The molecule has 0 spiro atoms. The Morgan fingerprint density at radius 2 is 2.25 bits per heavy atom. The first-order valence-corrected chi connectivity index (χ1v) is 6.66. The molecular weight excluding hydrogens is 254 g/mol. The third-order valence-corrected chi connectivity index (χ3v) is 3.52. The highest BCUT2D eigenvalue weighted by molar-refractivity contribution is 5.89. The fraction of sp³-hybridized carbons (Fsp3) is 0.357. The van der Waals surface area contributed by atoms with E-state index in [2.05, 4.69) is 32.1 Å². The number of anilines is 1. The van der Waals surface area contributed by atoms with Gasteiger partial charge in [0, 0.05) is 36.0 Å². The van der Waals surface area contributed by atoms with Crippen molar-refractivity contribution in [3.8, 4) is 0 Å². The average Bonchev–Trinajstić information content (AvgIpc) is 2.95. The normalized spacial score (nSPS) is 20.5. The second-order valence-corrected chi connectivity index (χ2v) is 5.11. The highest BCUT2D eigenvalue weighted by Gasteiger charge is 2.29. The predicted molar refractivity (Wildman–Crippen MR) is 75.4 cm³/mol. The summed E-state index contributed by atoms with van der Waals surface area (Å²) < 4.78 is 2.10. The molecule has 3 rings (SSSR count). The fourth-order valence-corrected chi connectivity index (χ4v) is 2.60. The number of carbonyl (C=O) groups is 1. The zero-order valence-electron chi connectivity index (χ0n) is 11.5. The molecule has 6 nitrogen and oxygen atoms in total. The SMILES string of the molecule is Cc1cc(NC(=O)NC2CC(C)n3ccnc32)ccn1. The third-order valence-electron chi connectivity index (χ3n) is 3.52. The van der Waals surface area contributed by atoms with Crippen LogP contribution in [-0.4, -0.2) is 20.6 Å². The van der Waals surface area contributed by atoms with Crippen molar-refractivity contribution in [3.63, 3.8) is 0 Å². The molecule has 104 valence electrons. The Morgan fingerprint density at radius 1 is 1.40 bits per heavy atom. The largest absolute Gasteiger partial charge is 0.330 e. The summed E-state index contributed by atoms with van der Waals surface area (Å²) in [6.45, 7) is 4.01. The molecule has 0 aromatic carbocycles. The van der Waals surface area contributed by atoms with E-state index < -0.39 is 0 Å². The number of hydrogen-bond donors (Lipinski definition) is 2. The number of rotatable bonds is 2. The Bertz CT molecular complexity index is 636. The first kappa shape index (κ1) is 12.7. The number of aryl methyl sites for hydroxylation is 1. The number of pyridine rings is 1. The Balaban J connectivity index is 1.66. The van der Waals surface area contributed by atoms with Crippen molar-refractivity contribution in [2.75, 3.05) is 5.32 Å². The van der Waals surface area contributed by atoms with Crippen LogP contribution in [0.25, 0.3) is 0 Å². The molecular formula is C14H17N5O. The molecule has 1 aliphatic rings.